The predicted molar refractivity (Wildman–Crippen MR) is 65.5 cm³/mol. The minimum Gasteiger partial charge on any atom is -0.480 e. The standard InChI is InChI=1S/C13H25NO2/c1-13(2,3)10-7-5-6-8-11(10)14(4)9-12(15)16/h10-11H,5-9H2,1-4H3,(H,15,16). The first-order chi connectivity index (χ1) is 7.32. The molecule has 0 bridgehead atoms. The number of carbonyl (C=O) groups is 1. The molecule has 0 aromatic rings. The Kier molecular flexibility index (Phi) is 4.36. The molecule has 0 amide bonds. The highest BCUT2D eigenvalue weighted by molar-refractivity contribution is 5.69. The number of carboxylic acids is 1. The quantitative estimate of drug-likeness (QED) is 0.805. The Hall–Kier alpha value is -0.570. The second-order valence-corrected chi connectivity index (χ2v) is 6.13. The van der Waals surface area contributed by atoms with E-state index in [1.165, 1.54) is 19.3 Å². The van der Waals surface area contributed by atoms with Crippen molar-refractivity contribution in [3.05, 3.63) is 0 Å². The molecule has 3 heteroatoms. The van der Waals surface area contributed by atoms with E-state index >= 15 is 0 Å². The lowest BCUT2D eigenvalue weighted by Gasteiger charge is -2.44. The van der Waals surface area contributed by atoms with Crippen molar-refractivity contribution in [3.63, 3.8) is 0 Å². The lowest BCUT2D eigenvalue weighted by atomic mass is 9.69. The van der Waals surface area contributed by atoms with Crippen LogP contribution in [0.4, 0.5) is 0 Å². The normalized spacial score (nSPS) is 27.1. The predicted octanol–water partition coefficient (Wildman–Crippen LogP) is 2.61. The molecule has 0 saturated heterocycles. The highest BCUT2D eigenvalue weighted by Crippen LogP contribution is 2.39. The van der Waals surface area contributed by atoms with Gasteiger partial charge in [0.2, 0.25) is 0 Å². The molecule has 2 unspecified atom stereocenters. The van der Waals surface area contributed by atoms with Gasteiger partial charge in [-0.2, -0.15) is 0 Å². The summed E-state index contributed by atoms with van der Waals surface area (Å²) in [6.45, 7) is 6.97. The van der Waals surface area contributed by atoms with E-state index in [1.807, 2.05) is 11.9 Å². The number of aliphatic carboxylic acids is 1. The van der Waals surface area contributed by atoms with Crippen LogP contribution in [0.2, 0.25) is 0 Å². The average molecular weight is 227 g/mol. The van der Waals surface area contributed by atoms with Gasteiger partial charge in [0, 0.05) is 6.04 Å². The molecule has 3 nitrogen and oxygen atoms in total. The maximum Gasteiger partial charge on any atom is 0.317 e. The smallest absolute Gasteiger partial charge is 0.317 e. The lowest BCUT2D eigenvalue weighted by molar-refractivity contribution is -0.139. The SMILES string of the molecule is CN(CC(=O)O)C1CCCCC1C(C)(C)C. The van der Waals surface area contributed by atoms with E-state index in [2.05, 4.69) is 20.8 Å². The summed E-state index contributed by atoms with van der Waals surface area (Å²) in [5.74, 6) is -0.105. The van der Waals surface area contributed by atoms with Gasteiger partial charge in [-0.1, -0.05) is 33.6 Å². The third-order valence-electron chi connectivity index (χ3n) is 3.79. The molecule has 0 aliphatic heterocycles. The monoisotopic (exact) mass is 227 g/mol. The molecule has 94 valence electrons. The van der Waals surface area contributed by atoms with Crippen molar-refractivity contribution in [3.8, 4) is 0 Å². The Labute approximate surface area is 98.8 Å². The molecule has 0 spiro atoms. The van der Waals surface area contributed by atoms with Crippen molar-refractivity contribution in [1.82, 2.24) is 4.90 Å². The van der Waals surface area contributed by atoms with E-state index in [-0.39, 0.29) is 12.0 Å². The number of rotatable bonds is 3. The number of likely N-dealkylation sites (N-methyl/N-ethyl adjacent to an activating group) is 1. The van der Waals surface area contributed by atoms with Crippen molar-refractivity contribution in [1.29, 1.82) is 0 Å². The summed E-state index contributed by atoms with van der Waals surface area (Å²) < 4.78 is 0. The Bertz CT molecular complexity index is 245. The molecule has 0 aromatic carbocycles. The van der Waals surface area contributed by atoms with E-state index in [4.69, 9.17) is 5.11 Å². The van der Waals surface area contributed by atoms with E-state index < -0.39 is 5.97 Å². The summed E-state index contributed by atoms with van der Waals surface area (Å²) in [5, 5.41) is 8.86. The van der Waals surface area contributed by atoms with Gasteiger partial charge in [0.1, 0.15) is 0 Å². The number of hydrogen-bond acceptors (Lipinski definition) is 2. The summed E-state index contributed by atoms with van der Waals surface area (Å²) in [4.78, 5) is 12.8. The van der Waals surface area contributed by atoms with Crippen LogP contribution in [-0.4, -0.2) is 35.6 Å². The zero-order valence-corrected chi connectivity index (χ0v) is 11.0. The molecule has 0 aromatic heterocycles. The fraction of sp³-hybridized carbons (Fsp3) is 0.923. The molecule has 0 radical (unpaired) electrons. The molecule has 0 heterocycles. The van der Waals surface area contributed by atoms with Crippen LogP contribution in [0.3, 0.4) is 0 Å². The second-order valence-electron chi connectivity index (χ2n) is 6.13. The van der Waals surface area contributed by atoms with Crippen LogP contribution in [0, 0.1) is 11.3 Å². The summed E-state index contributed by atoms with van der Waals surface area (Å²) in [6, 6.07) is 0.435. The molecular weight excluding hydrogens is 202 g/mol. The van der Waals surface area contributed by atoms with Crippen molar-refractivity contribution in [2.45, 2.75) is 52.5 Å². The van der Waals surface area contributed by atoms with Gasteiger partial charge in [-0.05, 0) is 31.2 Å². The van der Waals surface area contributed by atoms with Gasteiger partial charge in [0.15, 0.2) is 0 Å². The van der Waals surface area contributed by atoms with Gasteiger partial charge in [0.05, 0.1) is 6.54 Å². The lowest BCUT2D eigenvalue weighted by Crippen LogP contribution is -2.46. The molecule has 1 rings (SSSR count). The van der Waals surface area contributed by atoms with Crippen molar-refractivity contribution in [2.24, 2.45) is 11.3 Å². The summed E-state index contributed by atoms with van der Waals surface area (Å²) in [7, 11) is 1.95. The molecule has 1 aliphatic carbocycles. The van der Waals surface area contributed by atoms with Gasteiger partial charge < -0.3 is 5.11 Å². The van der Waals surface area contributed by atoms with Crippen LogP contribution in [-0.2, 0) is 4.79 Å². The first kappa shape index (κ1) is 13.5. The molecule has 16 heavy (non-hydrogen) atoms. The fourth-order valence-corrected chi connectivity index (χ4v) is 2.98. The van der Waals surface area contributed by atoms with Crippen LogP contribution in [0.5, 0.6) is 0 Å². The molecule has 1 N–H and O–H groups in total. The maximum absolute atomic E-state index is 10.8. The third kappa shape index (κ3) is 3.48. The fourth-order valence-electron chi connectivity index (χ4n) is 2.98. The second kappa shape index (κ2) is 5.17. The van der Waals surface area contributed by atoms with Gasteiger partial charge in [-0.15, -0.1) is 0 Å². The van der Waals surface area contributed by atoms with Crippen LogP contribution in [0.15, 0.2) is 0 Å². The highest BCUT2D eigenvalue weighted by atomic mass is 16.4. The first-order valence-corrected chi connectivity index (χ1v) is 6.24. The Morgan fingerprint density at radius 2 is 1.88 bits per heavy atom. The summed E-state index contributed by atoms with van der Waals surface area (Å²) in [5.41, 5.74) is 0.276. The average Bonchev–Trinajstić information content (AvgIpc) is 2.15. The summed E-state index contributed by atoms with van der Waals surface area (Å²) >= 11 is 0. The third-order valence-corrected chi connectivity index (χ3v) is 3.79. The zero-order chi connectivity index (χ0) is 12.3. The van der Waals surface area contributed by atoms with Crippen molar-refractivity contribution < 1.29 is 9.90 Å². The van der Waals surface area contributed by atoms with Crippen LogP contribution in [0.25, 0.3) is 0 Å². The molecule has 1 aliphatic rings. The van der Waals surface area contributed by atoms with Gasteiger partial charge in [-0.3, -0.25) is 9.69 Å². The highest BCUT2D eigenvalue weighted by Gasteiger charge is 2.36. The Morgan fingerprint density at radius 1 is 1.31 bits per heavy atom. The molecule has 1 fully saturated rings. The van der Waals surface area contributed by atoms with Gasteiger partial charge in [-0.25, -0.2) is 0 Å². The van der Waals surface area contributed by atoms with Crippen LogP contribution >= 0.6 is 0 Å². The topological polar surface area (TPSA) is 40.5 Å². The first-order valence-electron chi connectivity index (χ1n) is 6.24. The van der Waals surface area contributed by atoms with E-state index in [9.17, 15) is 4.79 Å². The maximum atomic E-state index is 10.8. The molecular formula is C13H25NO2. The van der Waals surface area contributed by atoms with Crippen molar-refractivity contribution in [2.75, 3.05) is 13.6 Å². The van der Waals surface area contributed by atoms with Crippen LogP contribution in [0.1, 0.15) is 46.5 Å². The Morgan fingerprint density at radius 3 is 2.38 bits per heavy atom. The largest absolute Gasteiger partial charge is 0.480 e. The van der Waals surface area contributed by atoms with Gasteiger partial charge in [0.25, 0.3) is 0 Å². The molecule has 2 atom stereocenters. The minimum absolute atomic E-state index is 0.164. The number of nitrogens with zero attached hydrogens (tertiary/aromatic N) is 1. The van der Waals surface area contributed by atoms with Crippen molar-refractivity contribution >= 4 is 5.97 Å². The van der Waals surface area contributed by atoms with Crippen LogP contribution < -0.4 is 0 Å². The van der Waals surface area contributed by atoms with E-state index in [0.717, 1.165) is 6.42 Å². The Balaban J connectivity index is 2.70. The van der Waals surface area contributed by atoms with Gasteiger partial charge >= 0.3 is 5.97 Å². The minimum atomic E-state index is -0.722. The summed E-state index contributed by atoms with van der Waals surface area (Å²) in [6.07, 6.45) is 4.91. The molecule has 1 saturated carbocycles. The zero-order valence-electron chi connectivity index (χ0n) is 11.0. The van der Waals surface area contributed by atoms with E-state index in [0.29, 0.717) is 12.0 Å². The van der Waals surface area contributed by atoms with E-state index in [1.54, 1.807) is 0 Å². The number of carboxylic acid groups (broad SMARTS) is 1. The number of hydrogen-bond donors (Lipinski definition) is 1.